The standard InChI is InChI=1S/C16H21N3O4/c1-11(2)16(21)18-9-7-12(8-10-18)15(20)17-13-3-5-14(6-4-13)19(22)23/h3-6,11-12H,7-10H2,1-2H3,(H,17,20). The van der Waals surface area contributed by atoms with E-state index in [0.717, 1.165) is 0 Å². The van der Waals surface area contributed by atoms with Crippen LogP contribution in [0.2, 0.25) is 0 Å². The van der Waals surface area contributed by atoms with Crippen molar-refractivity contribution >= 4 is 23.2 Å². The number of anilines is 1. The number of nitro benzene ring substituents is 1. The van der Waals surface area contributed by atoms with Gasteiger partial charge in [0, 0.05) is 42.7 Å². The van der Waals surface area contributed by atoms with Crippen LogP contribution >= 0.6 is 0 Å². The maximum atomic E-state index is 12.2. The minimum atomic E-state index is -0.479. The molecule has 124 valence electrons. The highest BCUT2D eigenvalue weighted by molar-refractivity contribution is 5.92. The van der Waals surface area contributed by atoms with E-state index in [0.29, 0.717) is 31.6 Å². The smallest absolute Gasteiger partial charge is 0.269 e. The van der Waals surface area contributed by atoms with Gasteiger partial charge in [-0.3, -0.25) is 19.7 Å². The number of nitro groups is 1. The fourth-order valence-corrected chi connectivity index (χ4v) is 2.64. The Balaban J connectivity index is 1.88. The van der Waals surface area contributed by atoms with E-state index in [1.54, 1.807) is 4.90 Å². The number of carbonyl (C=O) groups excluding carboxylic acids is 2. The van der Waals surface area contributed by atoms with Gasteiger partial charge in [-0.2, -0.15) is 0 Å². The summed E-state index contributed by atoms with van der Waals surface area (Å²) in [5.74, 6) is -0.142. The Morgan fingerprint density at radius 2 is 1.78 bits per heavy atom. The number of piperidine rings is 1. The average molecular weight is 319 g/mol. The summed E-state index contributed by atoms with van der Waals surface area (Å²) in [6, 6.07) is 5.76. The van der Waals surface area contributed by atoms with E-state index in [9.17, 15) is 19.7 Å². The lowest BCUT2D eigenvalue weighted by Crippen LogP contribution is -2.43. The number of hydrogen-bond acceptors (Lipinski definition) is 4. The first-order valence-corrected chi connectivity index (χ1v) is 7.72. The first kappa shape index (κ1) is 16.9. The van der Waals surface area contributed by atoms with E-state index in [4.69, 9.17) is 0 Å². The molecule has 1 N–H and O–H groups in total. The molecule has 1 saturated heterocycles. The fourth-order valence-electron chi connectivity index (χ4n) is 2.64. The van der Waals surface area contributed by atoms with E-state index in [-0.39, 0.29) is 29.3 Å². The number of nitrogens with one attached hydrogen (secondary N) is 1. The molecule has 2 rings (SSSR count). The van der Waals surface area contributed by atoms with E-state index >= 15 is 0 Å². The van der Waals surface area contributed by atoms with Crippen molar-refractivity contribution in [1.29, 1.82) is 0 Å². The number of amides is 2. The third-order valence-electron chi connectivity index (χ3n) is 4.02. The number of carbonyl (C=O) groups is 2. The molecule has 0 spiro atoms. The molecule has 2 amide bonds. The molecule has 0 radical (unpaired) electrons. The van der Waals surface area contributed by atoms with Crippen LogP contribution in [0.3, 0.4) is 0 Å². The lowest BCUT2D eigenvalue weighted by atomic mass is 9.95. The van der Waals surface area contributed by atoms with Crippen molar-refractivity contribution < 1.29 is 14.5 Å². The Kier molecular flexibility index (Phi) is 5.31. The summed E-state index contributed by atoms with van der Waals surface area (Å²) in [6.45, 7) is 4.93. The molecule has 1 heterocycles. The van der Waals surface area contributed by atoms with Crippen molar-refractivity contribution in [2.75, 3.05) is 18.4 Å². The third-order valence-corrected chi connectivity index (χ3v) is 4.02. The molecule has 1 aliphatic heterocycles. The lowest BCUT2D eigenvalue weighted by Gasteiger charge is -2.32. The molecule has 1 fully saturated rings. The zero-order valence-corrected chi connectivity index (χ0v) is 13.3. The van der Waals surface area contributed by atoms with Crippen molar-refractivity contribution in [2.24, 2.45) is 11.8 Å². The van der Waals surface area contributed by atoms with E-state index in [1.807, 2.05) is 13.8 Å². The van der Waals surface area contributed by atoms with Crippen molar-refractivity contribution in [3.05, 3.63) is 34.4 Å². The van der Waals surface area contributed by atoms with Crippen LogP contribution < -0.4 is 5.32 Å². The van der Waals surface area contributed by atoms with Gasteiger partial charge in [0.05, 0.1) is 4.92 Å². The zero-order chi connectivity index (χ0) is 17.0. The summed E-state index contributed by atoms with van der Waals surface area (Å²) >= 11 is 0. The zero-order valence-electron chi connectivity index (χ0n) is 13.3. The number of nitrogens with zero attached hydrogens (tertiary/aromatic N) is 2. The molecule has 0 aliphatic carbocycles. The molecule has 7 heteroatoms. The monoisotopic (exact) mass is 319 g/mol. The predicted octanol–water partition coefficient (Wildman–Crippen LogP) is 2.43. The highest BCUT2D eigenvalue weighted by atomic mass is 16.6. The molecule has 0 unspecified atom stereocenters. The van der Waals surface area contributed by atoms with Crippen LogP contribution in [0.1, 0.15) is 26.7 Å². The van der Waals surface area contributed by atoms with E-state index < -0.39 is 4.92 Å². The molecular formula is C16H21N3O4. The van der Waals surface area contributed by atoms with Gasteiger partial charge >= 0.3 is 0 Å². The largest absolute Gasteiger partial charge is 0.342 e. The van der Waals surface area contributed by atoms with Crippen LogP contribution in [0.15, 0.2) is 24.3 Å². The van der Waals surface area contributed by atoms with Crippen LogP contribution in [0.5, 0.6) is 0 Å². The summed E-state index contributed by atoms with van der Waals surface area (Å²) in [5.41, 5.74) is 0.532. The quantitative estimate of drug-likeness (QED) is 0.681. The van der Waals surface area contributed by atoms with Gasteiger partial charge in [-0.15, -0.1) is 0 Å². The van der Waals surface area contributed by atoms with Crippen LogP contribution in [-0.4, -0.2) is 34.7 Å². The molecule has 0 saturated carbocycles. The molecule has 23 heavy (non-hydrogen) atoms. The number of hydrogen-bond donors (Lipinski definition) is 1. The Morgan fingerprint density at radius 1 is 1.22 bits per heavy atom. The molecule has 0 atom stereocenters. The Morgan fingerprint density at radius 3 is 2.26 bits per heavy atom. The van der Waals surface area contributed by atoms with Crippen LogP contribution in [0.4, 0.5) is 11.4 Å². The minimum absolute atomic E-state index is 0.0106. The summed E-state index contributed by atoms with van der Waals surface area (Å²) in [6.07, 6.45) is 1.27. The van der Waals surface area contributed by atoms with E-state index in [1.165, 1.54) is 24.3 Å². The maximum Gasteiger partial charge on any atom is 0.269 e. The Hall–Kier alpha value is -2.44. The highest BCUT2D eigenvalue weighted by Gasteiger charge is 2.28. The van der Waals surface area contributed by atoms with E-state index in [2.05, 4.69) is 5.32 Å². The van der Waals surface area contributed by atoms with Gasteiger partial charge < -0.3 is 10.2 Å². The molecule has 0 bridgehead atoms. The summed E-state index contributed by atoms with van der Waals surface area (Å²) in [7, 11) is 0. The second kappa shape index (κ2) is 7.21. The first-order chi connectivity index (χ1) is 10.9. The Bertz CT molecular complexity index is 590. The second-order valence-corrected chi connectivity index (χ2v) is 6.05. The molecule has 0 aromatic heterocycles. The van der Waals surface area contributed by atoms with Crippen molar-refractivity contribution in [3.8, 4) is 0 Å². The Labute approximate surface area is 134 Å². The summed E-state index contributed by atoms with van der Waals surface area (Å²) < 4.78 is 0. The molecular weight excluding hydrogens is 298 g/mol. The van der Waals surface area contributed by atoms with Gasteiger partial charge in [-0.05, 0) is 25.0 Å². The average Bonchev–Trinajstić information content (AvgIpc) is 2.54. The topological polar surface area (TPSA) is 92.6 Å². The molecule has 1 aromatic carbocycles. The van der Waals surface area contributed by atoms with Crippen molar-refractivity contribution in [3.63, 3.8) is 0 Å². The number of rotatable bonds is 4. The minimum Gasteiger partial charge on any atom is -0.342 e. The van der Waals surface area contributed by atoms with Gasteiger partial charge in [0.1, 0.15) is 0 Å². The summed E-state index contributed by atoms with van der Waals surface area (Å²) in [4.78, 5) is 36.1. The SMILES string of the molecule is CC(C)C(=O)N1CCC(C(=O)Nc2ccc([N+](=O)[O-])cc2)CC1. The van der Waals surface area contributed by atoms with Gasteiger partial charge in [0.15, 0.2) is 0 Å². The maximum absolute atomic E-state index is 12.2. The van der Waals surface area contributed by atoms with Gasteiger partial charge in [-0.25, -0.2) is 0 Å². The first-order valence-electron chi connectivity index (χ1n) is 7.72. The van der Waals surface area contributed by atoms with Crippen LogP contribution in [-0.2, 0) is 9.59 Å². The fraction of sp³-hybridized carbons (Fsp3) is 0.500. The third kappa shape index (κ3) is 4.28. The normalized spacial score (nSPS) is 15.5. The molecule has 7 nitrogen and oxygen atoms in total. The van der Waals surface area contributed by atoms with Gasteiger partial charge in [0.2, 0.25) is 11.8 Å². The second-order valence-electron chi connectivity index (χ2n) is 6.05. The molecule has 1 aromatic rings. The number of likely N-dealkylation sites (tertiary alicyclic amines) is 1. The van der Waals surface area contributed by atoms with Crippen LogP contribution in [0.25, 0.3) is 0 Å². The van der Waals surface area contributed by atoms with Gasteiger partial charge in [0.25, 0.3) is 5.69 Å². The molecule has 1 aliphatic rings. The highest BCUT2D eigenvalue weighted by Crippen LogP contribution is 2.22. The number of non-ortho nitro benzene ring substituents is 1. The lowest BCUT2D eigenvalue weighted by molar-refractivity contribution is -0.384. The summed E-state index contributed by atoms with van der Waals surface area (Å²) in [5, 5.41) is 13.4. The van der Waals surface area contributed by atoms with Crippen molar-refractivity contribution in [2.45, 2.75) is 26.7 Å². The number of benzene rings is 1. The van der Waals surface area contributed by atoms with Crippen LogP contribution in [0, 0.1) is 22.0 Å². The van der Waals surface area contributed by atoms with Crippen molar-refractivity contribution in [1.82, 2.24) is 4.90 Å². The van der Waals surface area contributed by atoms with Gasteiger partial charge in [-0.1, -0.05) is 13.8 Å². The predicted molar refractivity (Wildman–Crippen MR) is 85.9 cm³/mol.